The number of nitrogens with one attached hydrogen (secondary N) is 1. The normalized spacial score (nSPS) is 17.3. The summed E-state index contributed by atoms with van der Waals surface area (Å²) >= 11 is 1.32. The summed E-state index contributed by atoms with van der Waals surface area (Å²) in [7, 11) is 0. The fourth-order valence-electron chi connectivity index (χ4n) is 4.58. The first kappa shape index (κ1) is 23.1. The minimum absolute atomic E-state index is 0.138. The molecule has 0 saturated carbocycles. The molecule has 4 heterocycles. The molecule has 1 atom stereocenters. The van der Waals surface area contributed by atoms with Crippen molar-refractivity contribution in [1.29, 1.82) is 10.5 Å². The van der Waals surface area contributed by atoms with Crippen LogP contribution in [0.1, 0.15) is 49.6 Å². The molecule has 176 valence electrons. The highest BCUT2D eigenvalue weighted by Crippen LogP contribution is 2.38. The van der Waals surface area contributed by atoms with Crippen molar-refractivity contribution in [1.82, 2.24) is 24.7 Å². The smallest absolute Gasteiger partial charge is 0.124 e. The van der Waals surface area contributed by atoms with Gasteiger partial charge < -0.3 is 5.32 Å². The number of fused-ring (bicyclic) bond motifs is 1. The first-order chi connectivity index (χ1) is 16.8. The lowest BCUT2D eigenvalue weighted by Gasteiger charge is -2.36. The Hall–Kier alpha value is -3.66. The maximum Gasteiger partial charge on any atom is 0.124 e. The number of pyridine rings is 1. The van der Waals surface area contributed by atoms with Crippen molar-refractivity contribution in [3.63, 3.8) is 0 Å². The fraction of sp³-hybridized carbons (Fsp3) is 0.308. The van der Waals surface area contributed by atoms with Gasteiger partial charge in [-0.25, -0.2) is 8.91 Å². The van der Waals surface area contributed by atoms with E-state index in [2.05, 4.69) is 48.0 Å². The second-order valence-electron chi connectivity index (χ2n) is 9.46. The largest absolute Gasteiger partial charge is 0.310 e. The summed E-state index contributed by atoms with van der Waals surface area (Å²) in [5.74, 6) is -0.463. The van der Waals surface area contributed by atoms with Crippen molar-refractivity contribution in [2.24, 2.45) is 0 Å². The van der Waals surface area contributed by atoms with Crippen molar-refractivity contribution in [3.05, 3.63) is 65.5 Å². The second-order valence-corrected chi connectivity index (χ2v) is 10.5. The molecule has 1 saturated heterocycles. The van der Waals surface area contributed by atoms with Gasteiger partial charge in [-0.2, -0.15) is 20.7 Å². The van der Waals surface area contributed by atoms with Crippen LogP contribution < -0.4 is 5.32 Å². The molecule has 1 N–H and O–H groups in total. The highest BCUT2D eigenvalue weighted by atomic mass is 32.2. The van der Waals surface area contributed by atoms with Crippen molar-refractivity contribution in [3.8, 4) is 23.3 Å². The number of hydrogen-bond acceptors (Lipinski definition) is 6. The number of halogens is 1. The lowest BCUT2D eigenvalue weighted by atomic mass is 9.91. The van der Waals surface area contributed by atoms with E-state index < -0.39 is 5.82 Å². The molecule has 0 spiro atoms. The van der Waals surface area contributed by atoms with Gasteiger partial charge in [-0.05, 0) is 57.9 Å². The van der Waals surface area contributed by atoms with Crippen molar-refractivity contribution >= 4 is 17.3 Å². The summed E-state index contributed by atoms with van der Waals surface area (Å²) in [6.45, 7) is 7.37. The van der Waals surface area contributed by atoms with Gasteiger partial charge in [0.25, 0.3) is 0 Å². The highest BCUT2D eigenvalue weighted by molar-refractivity contribution is 7.99. The predicted octanol–water partition coefficient (Wildman–Crippen LogP) is 5.24. The summed E-state index contributed by atoms with van der Waals surface area (Å²) in [5.41, 5.74) is 4.40. The summed E-state index contributed by atoms with van der Waals surface area (Å²) in [5, 5.41) is 31.9. The number of benzene rings is 1. The second kappa shape index (κ2) is 8.84. The lowest BCUT2D eigenvalue weighted by molar-refractivity contribution is 0.231. The van der Waals surface area contributed by atoms with Crippen LogP contribution in [-0.2, 0) is 0 Å². The molecule has 1 aliphatic heterocycles. The van der Waals surface area contributed by atoms with Crippen LogP contribution in [0.5, 0.6) is 0 Å². The summed E-state index contributed by atoms with van der Waals surface area (Å²) in [4.78, 5) is 1.37. The van der Waals surface area contributed by atoms with E-state index in [0.717, 1.165) is 41.1 Å². The van der Waals surface area contributed by atoms with Crippen molar-refractivity contribution in [2.75, 3.05) is 6.54 Å². The molecule has 3 aromatic heterocycles. The van der Waals surface area contributed by atoms with Crippen LogP contribution in [0.3, 0.4) is 0 Å². The quantitative estimate of drug-likeness (QED) is 0.425. The van der Waals surface area contributed by atoms with E-state index in [1.165, 1.54) is 30.1 Å². The first-order valence-electron chi connectivity index (χ1n) is 11.4. The molecule has 1 aromatic carbocycles. The predicted molar refractivity (Wildman–Crippen MR) is 131 cm³/mol. The molecule has 0 aliphatic carbocycles. The fourth-order valence-corrected chi connectivity index (χ4v) is 5.66. The van der Waals surface area contributed by atoms with E-state index >= 15 is 0 Å². The highest BCUT2D eigenvalue weighted by Gasteiger charge is 2.28. The Labute approximate surface area is 207 Å². The van der Waals surface area contributed by atoms with Gasteiger partial charge in [-0.3, -0.25) is 4.68 Å². The van der Waals surface area contributed by atoms with E-state index in [1.807, 2.05) is 18.5 Å². The monoisotopic (exact) mass is 485 g/mol. The number of aromatic nitrogens is 4. The summed E-state index contributed by atoms with van der Waals surface area (Å²) in [6.07, 6.45) is 7.42. The zero-order valence-corrected chi connectivity index (χ0v) is 20.5. The third kappa shape index (κ3) is 4.29. The summed E-state index contributed by atoms with van der Waals surface area (Å²) in [6, 6.07) is 10.7. The van der Waals surface area contributed by atoms with Crippen molar-refractivity contribution in [2.45, 2.75) is 55.0 Å². The molecule has 7 nitrogen and oxygen atoms in total. The number of piperidine rings is 1. The van der Waals surface area contributed by atoms with Crippen LogP contribution in [0, 0.1) is 35.4 Å². The minimum Gasteiger partial charge on any atom is -0.310 e. The lowest BCUT2D eigenvalue weighted by Crippen LogP contribution is -2.47. The van der Waals surface area contributed by atoms with Crippen LogP contribution in [0.2, 0.25) is 0 Å². The molecule has 1 fully saturated rings. The van der Waals surface area contributed by atoms with Gasteiger partial charge in [-0.15, -0.1) is 0 Å². The third-order valence-corrected chi connectivity index (χ3v) is 7.71. The first-order valence-corrected chi connectivity index (χ1v) is 12.2. The molecule has 9 heteroatoms. The Morgan fingerprint density at radius 2 is 1.91 bits per heavy atom. The molecule has 0 unspecified atom stereocenters. The molecule has 0 radical (unpaired) electrons. The molecular formula is C26H24FN7S. The van der Waals surface area contributed by atoms with Gasteiger partial charge >= 0.3 is 0 Å². The van der Waals surface area contributed by atoms with Crippen LogP contribution in [0.25, 0.3) is 16.6 Å². The van der Waals surface area contributed by atoms with E-state index in [4.69, 9.17) is 5.10 Å². The number of nitrogens with zero attached hydrogens (tertiary/aromatic N) is 6. The number of nitriles is 2. The SMILES string of the molecule is Cc1c(-c2cc(Sc3ccc(F)cc3C#N)c3c(C#N)cnn3c2)cnn1[C@H]1CCC(C)(C)NC1. The molecule has 35 heavy (non-hydrogen) atoms. The van der Waals surface area contributed by atoms with E-state index in [-0.39, 0.29) is 17.1 Å². The Balaban J connectivity index is 1.58. The van der Waals surface area contributed by atoms with Crippen molar-refractivity contribution < 1.29 is 4.39 Å². The van der Waals surface area contributed by atoms with Gasteiger partial charge in [0.1, 0.15) is 18.0 Å². The topological polar surface area (TPSA) is 94.7 Å². The van der Waals surface area contributed by atoms with Crippen LogP contribution in [0.4, 0.5) is 4.39 Å². The average molecular weight is 486 g/mol. The van der Waals surface area contributed by atoms with E-state index in [0.29, 0.717) is 16.0 Å². The van der Waals surface area contributed by atoms with Gasteiger partial charge in [0, 0.05) is 44.9 Å². The van der Waals surface area contributed by atoms with Gasteiger partial charge in [0.05, 0.1) is 35.1 Å². The number of rotatable bonds is 4. The summed E-state index contributed by atoms with van der Waals surface area (Å²) < 4.78 is 17.5. The Morgan fingerprint density at radius 3 is 2.63 bits per heavy atom. The molecule has 0 bridgehead atoms. The molecule has 5 rings (SSSR count). The van der Waals surface area contributed by atoms with E-state index in [1.54, 1.807) is 10.6 Å². The number of hydrogen-bond donors (Lipinski definition) is 1. The molecule has 4 aromatic rings. The maximum atomic E-state index is 13.7. The third-order valence-electron chi connectivity index (χ3n) is 6.60. The van der Waals surface area contributed by atoms with Crippen LogP contribution >= 0.6 is 11.8 Å². The Bertz CT molecular complexity index is 1510. The molecule has 1 aliphatic rings. The minimum atomic E-state index is -0.463. The molecular weight excluding hydrogens is 461 g/mol. The van der Waals surface area contributed by atoms with Crippen LogP contribution in [0.15, 0.2) is 52.6 Å². The Kier molecular flexibility index (Phi) is 5.84. The zero-order chi connectivity index (χ0) is 24.7. The average Bonchev–Trinajstić information content (AvgIpc) is 3.43. The van der Waals surface area contributed by atoms with Gasteiger partial charge in [0.2, 0.25) is 0 Å². The molecule has 0 amide bonds. The van der Waals surface area contributed by atoms with Crippen LogP contribution in [-0.4, -0.2) is 31.5 Å². The standard InChI is InChI=1S/C26H24FN7S/c1-16-22(14-32-34(16)21-6-7-26(2,3)30-13-21)18-9-24(25-19(11-29)12-31-33(25)15-18)35-23-5-4-20(27)8-17(23)10-28/h4-5,8-9,12,14-15,21,30H,6-7,13H2,1-3H3/t21-/m0/s1. The Morgan fingerprint density at radius 1 is 1.11 bits per heavy atom. The zero-order valence-electron chi connectivity index (χ0n) is 19.7. The van der Waals surface area contributed by atoms with E-state index in [9.17, 15) is 14.9 Å². The van der Waals surface area contributed by atoms with Gasteiger partial charge in [0.15, 0.2) is 0 Å². The maximum absolute atomic E-state index is 13.7. The van der Waals surface area contributed by atoms with Gasteiger partial charge in [-0.1, -0.05) is 11.8 Å².